The molecule has 0 fully saturated rings. The third kappa shape index (κ3) is 3.01. The molecule has 0 N–H and O–H groups in total. The van der Waals surface area contributed by atoms with E-state index in [2.05, 4.69) is 10.2 Å². The van der Waals surface area contributed by atoms with Crippen LogP contribution in [0.3, 0.4) is 0 Å². The van der Waals surface area contributed by atoms with Crippen molar-refractivity contribution in [1.29, 1.82) is 0 Å². The van der Waals surface area contributed by atoms with Crippen LogP contribution in [0.5, 0.6) is 0 Å². The summed E-state index contributed by atoms with van der Waals surface area (Å²) in [6.45, 7) is 6.08. The zero-order valence-corrected chi connectivity index (χ0v) is 16.1. The van der Waals surface area contributed by atoms with Gasteiger partial charge < -0.3 is 0 Å². The van der Waals surface area contributed by atoms with Gasteiger partial charge in [0.05, 0.1) is 24.1 Å². The summed E-state index contributed by atoms with van der Waals surface area (Å²) in [5.74, 6) is -0.265. The summed E-state index contributed by atoms with van der Waals surface area (Å²) in [4.78, 5) is 13.3. The molecule has 0 bridgehead atoms. The molecule has 0 radical (unpaired) electrons. The molecule has 4 rings (SSSR count). The maximum atomic E-state index is 14.2. The second-order valence-corrected chi connectivity index (χ2v) is 7.20. The molecule has 142 valence electrons. The molecule has 2 aromatic heterocycles. The number of benzene rings is 2. The summed E-state index contributed by atoms with van der Waals surface area (Å²) >= 11 is 0. The summed E-state index contributed by atoms with van der Waals surface area (Å²) in [5, 5.41) is 9.76. The second-order valence-electron chi connectivity index (χ2n) is 7.20. The summed E-state index contributed by atoms with van der Waals surface area (Å²) < 4.78 is 17.2. The molecule has 0 aliphatic carbocycles. The van der Waals surface area contributed by atoms with Gasteiger partial charge in [-0.15, -0.1) is 0 Å². The fourth-order valence-electron chi connectivity index (χ4n) is 3.40. The van der Waals surface area contributed by atoms with E-state index in [1.807, 2.05) is 45.0 Å². The Morgan fingerprint density at radius 2 is 1.79 bits per heavy atom. The summed E-state index contributed by atoms with van der Waals surface area (Å²) in [6.07, 6.45) is 1.69. The lowest BCUT2D eigenvalue weighted by molar-refractivity contribution is 0.564. The third-order valence-electron chi connectivity index (χ3n) is 4.88. The van der Waals surface area contributed by atoms with Gasteiger partial charge in [0.2, 0.25) is 0 Å². The summed E-state index contributed by atoms with van der Waals surface area (Å²) in [7, 11) is 0. The molecular weight excluding hydrogens is 355 g/mol. The topological polar surface area (TPSA) is 52.7 Å². The van der Waals surface area contributed by atoms with Crippen molar-refractivity contribution in [2.24, 2.45) is 0 Å². The van der Waals surface area contributed by atoms with E-state index in [-0.39, 0.29) is 23.8 Å². The molecule has 6 heteroatoms. The van der Waals surface area contributed by atoms with Crippen LogP contribution in [-0.2, 0) is 6.54 Å². The molecule has 0 amide bonds. The minimum atomic E-state index is -0.352. The lowest BCUT2D eigenvalue weighted by Crippen LogP contribution is -2.27. The smallest absolute Gasteiger partial charge is 0.265 e. The van der Waals surface area contributed by atoms with Crippen LogP contribution in [0, 0.1) is 12.7 Å². The number of para-hydroxylation sites is 1. The van der Waals surface area contributed by atoms with E-state index < -0.39 is 0 Å². The maximum absolute atomic E-state index is 14.2. The Labute approximate surface area is 162 Å². The van der Waals surface area contributed by atoms with Gasteiger partial charge in [0.1, 0.15) is 11.3 Å². The number of fused-ring (bicyclic) bond motifs is 1. The molecule has 2 aromatic carbocycles. The normalized spacial score (nSPS) is 11.5. The fourth-order valence-corrected chi connectivity index (χ4v) is 3.40. The largest absolute Gasteiger partial charge is 0.293 e. The SMILES string of the molecule is Cc1ccccc1-n1ncc2c(C(C)C)nn(Cc3ccccc3F)c(=O)c21. The van der Waals surface area contributed by atoms with Crippen molar-refractivity contribution in [2.75, 3.05) is 0 Å². The van der Waals surface area contributed by atoms with E-state index in [1.54, 1.807) is 29.1 Å². The number of halogens is 1. The number of aromatic nitrogens is 4. The molecule has 2 heterocycles. The van der Waals surface area contributed by atoms with Gasteiger partial charge in [0, 0.05) is 10.9 Å². The predicted octanol–water partition coefficient (Wildman–Crippen LogP) is 4.20. The number of rotatable bonds is 4. The molecule has 0 saturated heterocycles. The first-order chi connectivity index (χ1) is 13.5. The van der Waals surface area contributed by atoms with Crippen LogP contribution < -0.4 is 5.56 Å². The Morgan fingerprint density at radius 3 is 2.50 bits per heavy atom. The van der Waals surface area contributed by atoms with Crippen LogP contribution in [0.2, 0.25) is 0 Å². The Balaban J connectivity index is 1.99. The van der Waals surface area contributed by atoms with Crippen LogP contribution in [0.4, 0.5) is 4.39 Å². The van der Waals surface area contributed by atoms with E-state index in [0.29, 0.717) is 11.1 Å². The van der Waals surface area contributed by atoms with Crippen LogP contribution in [0.15, 0.2) is 59.5 Å². The minimum Gasteiger partial charge on any atom is -0.265 e. The fraction of sp³-hybridized carbons (Fsp3) is 0.227. The number of hydrogen-bond donors (Lipinski definition) is 0. The van der Waals surface area contributed by atoms with Crippen molar-refractivity contribution in [3.05, 3.63) is 87.7 Å². The summed E-state index contributed by atoms with van der Waals surface area (Å²) in [6, 6.07) is 14.2. The van der Waals surface area contributed by atoms with Crippen molar-refractivity contribution in [3.63, 3.8) is 0 Å². The Kier molecular flexibility index (Phi) is 4.55. The molecule has 5 nitrogen and oxygen atoms in total. The van der Waals surface area contributed by atoms with Gasteiger partial charge in [0.15, 0.2) is 0 Å². The quantitative estimate of drug-likeness (QED) is 0.536. The highest BCUT2D eigenvalue weighted by Gasteiger charge is 2.19. The minimum absolute atomic E-state index is 0.0696. The highest BCUT2D eigenvalue weighted by Crippen LogP contribution is 2.24. The van der Waals surface area contributed by atoms with Gasteiger partial charge in [-0.25, -0.2) is 13.8 Å². The number of aryl methyl sites for hydroxylation is 1. The maximum Gasteiger partial charge on any atom is 0.293 e. The average molecular weight is 376 g/mol. The van der Waals surface area contributed by atoms with Gasteiger partial charge in [-0.2, -0.15) is 10.2 Å². The van der Waals surface area contributed by atoms with Gasteiger partial charge in [-0.3, -0.25) is 4.79 Å². The van der Waals surface area contributed by atoms with Gasteiger partial charge in [-0.05, 0) is 30.5 Å². The molecule has 0 spiro atoms. The first-order valence-electron chi connectivity index (χ1n) is 9.25. The molecule has 28 heavy (non-hydrogen) atoms. The zero-order chi connectivity index (χ0) is 19.8. The van der Waals surface area contributed by atoms with Crippen molar-refractivity contribution < 1.29 is 4.39 Å². The molecule has 0 aliphatic heterocycles. The second kappa shape index (κ2) is 7.03. The lowest BCUT2D eigenvalue weighted by Gasteiger charge is -2.13. The van der Waals surface area contributed by atoms with Crippen LogP contribution >= 0.6 is 0 Å². The van der Waals surface area contributed by atoms with E-state index >= 15 is 0 Å². The Morgan fingerprint density at radius 1 is 1.07 bits per heavy atom. The van der Waals surface area contributed by atoms with Crippen LogP contribution in [0.1, 0.15) is 36.6 Å². The van der Waals surface area contributed by atoms with Crippen molar-refractivity contribution >= 4 is 10.9 Å². The first kappa shape index (κ1) is 18.1. The Hall–Kier alpha value is -3.28. The molecular formula is C22H21FN4O. The third-order valence-corrected chi connectivity index (χ3v) is 4.88. The van der Waals surface area contributed by atoms with Gasteiger partial charge in [-0.1, -0.05) is 50.2 Å². The van der Waals surface area contributed by atoms with E-state index in [4.69, 9.17) is 0 Å². The summed E-state index contributed by atoms with van der Waals surface area (Å²) in [5.41, 5.74) is 3.22. The molecule has 0 aliphatic rings. The zero-order valence-electron chi connectivity index (χ0n) is 16.1. The van der Waals surface area contributed by atoms with Crippen molar-refractivity contribution in [1.82, 2.24) is 19.6 Å². The Bertz CT molecular complexity index is 1220. The highest BCUT2D eigenvalue weighted by atomic mass is 19.1. The van der Waals surface area contributed by atoms with Crippen LogP contribution in [-0.4, -0.2) is 19.6 Å². The van der Waals surface area contributed by atoms with E-state index in [9.17, 15) is 9.18 Å². The van der Waals surface area contributed by atoms with Crippen molar-refractivity contribution in [3.8, 4) is 5.69 Å². The average Bonchev–Trinajstić information content (AvgIpc) is 3.11. The molecule has 0 atom stereocenters. The molecule has 4 aromatic rings. The van der Waals surface area contributed by atoms with Gasteiger partial charge in [0.25, 0.3) is 5.56 Å². The standard InChI is InChI=1S/C22H21FN4O/c1-14(2)20-17-12-24-27(19-11-7-4-8-15(19)3)21(17)22(28)26(25-20)13-16-9-5-6-10-18(16)23/h4-12,14H,13H2,1-3H3. The number of hydrogen-bond acceptors (Lipinski definition) is 3. The predicted molar refractivity (Wildman–Crippen MR) is 107 cm³/mol. The van der Waals surface area contributed by atoms with E-state index in [1.165, 1.54) is 10.7 Å². The monoisotopic (exact) mass is 376 g/mol. The molecule has 0 saturated carbocycles. The lowest BCUT2D eigenvalue weighted by atomic mass is 10.1. The van der Waals surface area contributed by atoms with Gasteiger partial charge >= 0.3 is 0 Å². The molecule has 0 unspecified atom stereocenters. The van der Waals surface area contributed by atoms with Crippen LogP contribution in [0.25, 0.3) is 16.6 Å². The van der Waals surface area contributed by atoms with Crippen molar-refractivity contribution in [2.45, 2.75) is 33.2 Å². The van der Waals surface area contributed by atoms with E-state index in [0.717, 1.165) is 22.3 Å². The first-order valence-corrected chi connectivity index (χ1v) is 9.25. The highest BCUT2D eigenvalue weighted by molar-refractivity contribution is 5.82. The number of nitrogens with zero attached hydrogens (tertiary/aromatic N) is 4.